The lowest BCUT2D eigenvalue weighted by molar-refractivity contribution is -0.132. The lowest BCUT2D eigenvalue weighted by atomic mass is 10.1. The lowest BCUT2D eigenvalue weighted by Gasteiger charge is -2.37. The summed E-state index contributed by atoms with van der Waals surface area (Å²) in [6, 6.07) is 8.55. The summed E-state index contributed by atoms with van der Waals surface area (Å²) < 4.78 is 5.59. The molecule has 0 spiro atoms. The third-order valence-corrected chi connectivity index (χ3v) is 7.99. The molecule has 1 aromatic heterocycles. The minimum atomic E-state index is -0.204. The summed E-state index contributed by atoms with van der Waals surface area (Å²) >= 11 is 0. The van der Waals surface area contributed by atoms with Crippen molar-refractivity contribution in [1.29, 1.82) is 0 Å². The maximum atomic E-state index is 12.8. The number of nitrogens with zero attached hydrogens (tertiary/aromatic N) is 7. The summed E-state index contributed by atoms with van der Waals surface area (Å²) in [5.74, 6) is 1.48. The summed E-state index contributed by atoms with van der Waals surface area (Å²) in [6.07, 6.45) is 5.46. The number of anilines is 2. The number of benzene rings is 1. The molecule has 11 heteroatoms. The molecule has 0 radical (unpaired) electrons. The maximum absolute atomic E-state index is 12.8. The average molecular weight is 532 g/mol. The van der Waals surface area contributed by atoms with Gasteiger partial charge in [-0.2, -0.15) is 0 Å². The smallest absolute Gasteiger partial charge is 0.222 e. The fraction of sp³-hybridized carbons (Fsp3) is 0.500. The number of morpholine rings is 1. The minimum absolute atomic E-state index is 0.204. The van der Waals surface area contributed by atoms with E-state index in [0.717, 1.165) is 87.0 Å². The second-order valence-electron chi connectivity index (χ2n) is 10.6. The first-order valence-electron chi connectivity index (χ1n) is 13.9. The van der Waals surface area contributed by atoms with Gasteiger partial charge in [-0.1, -0.05) is 12.1 Å². The molecule has 3 fully saturated rings. The van der Waals surface area contributed by atoms with E-state index < -0.39 is 0 Å². The number of aryl methyl sites for hydroxylation is 1. The van der Waals surface area contributed by atoms with Crippen LogP contribution in [-0.2, 0) is 16.0 Å². The molecule has 206 valence electrons. The van der Waals surface area contributed by atoms with Gasteiger partial charge in [0.2, 0.25) is 11.9 Å². The van der Waals surface area contributed by atoms with Crippen LogP contribution in [0.25, 0.3) is 5.70 Å². The molecule has 0 bridgehead atoms. The molecule has 3 saturated heterocycles. The van der Waals surface area contributed by atoms with Crippen molar-refractivity contribution in [2.75, 3.05) is 76.7 Å². The van der Waals surface area contributed by atoms with Crippen molar-refractivity contribution in [2.45, 2.75) is 25.6 Å². The van der Waals surface area contributed by atoms with Gasteiger partial charge in [-0.05, 0) is 37.6 Å². The number of carbonyl (C=O) groups is 1. The number of nitrogen functional groups attached to an aromatic ring is 1. The van der Waals surface area contributed by atoms with Crippen LogP contribution < -0.4 is 16.0 Å². The van der Waals surface area contributed by atoms with Crippen molar-refractivity contribution in [3.8, 4) is 0 Å². The number of ether oxygens (including phenoxy) is 1. The Morgan fingerprint density at radius 2 is 1.85 bits per heavy atom. The van der Waals surface area contributed by atoms with Crippen LogP contribution in [0.15, 0.2) is 47.2 Å². The predicted molar refractivity (Wildman–Crippen MR) is 151 cm³/mol. The first-order valence-corrected chi connectivity index (χ1v) is 13.9. The van der Waals surface area contributed by atoms with Crippen LogP contribution in [0.1, 0.15) is 24.0 Å². The largest absolute Gasteiger partial charge is 0.379 e. The summed E-state index contributed by atoms with van der Waals surface area (Å²) in [5, 5.41) is 3.65. The monoisotopic (exact) mass is 531 g/mol. The number of aromatic nitrogens is 2. The summed E-state index contributed by atoms with van der Waals surface area (Å²) in [7, 11) is 2.11. The number of amides is 1. The number of nitrogens with two attached hydrogens (primary N) is 1. The molecule has 1 atom stereocenters. The van der Waals surface area contributed by atoms with Gasteiger partial charge < -0.3 is 30.5 Å². The van der Waals surface area contributed by atoms with Gasteiger partial charge in [0.1, 0.15) is 5.84 Å². The van der Waals surface area contributed by atoms with Gasteiger partial charge in [-0.25, -0.2) is 15.0 Å². The predicted octanol–water partition coefficient (Wildman–Crippen LogP) is 1.00. The molecule has 2 aromatic rings. The molecule has 39 heavy (non-hydrogen) atoms. The van der Waals surface area contributed by atoms with Gasteiger partial charge in [0.05, 0.1) is 18.9 Å². The highest BCUT2D eigenvalue weighted by atomic mass is 16.5. The Morgan fingerprint density at radius 1 is 1.08 bits per heavy atom. The van der Waals surface area contributed by atoms with Crippen molar-refractivity contribution >= 4 is 29.1 Å². The van der Waals surface area contributed by atoms with Gasteiger partial charge in [0.15, 0.2) is 6.29 Å². The molecule has 5 heterocycles. The zero-order valence-corrected chi connectivity index (χ0v) is 22.6. The lowest BCUT2D eigenvalue weighted by Crippen LogP contribution is -2.51. The first-order chi connectivity index (χ1) is 19.0. The highest BCUT2D eigenvalue weighted by Crippen LogP contribution is 2.34. The topological polar surface area (TPSA) is 115 Å². The van der Waals surface area contributed by atoms with E-state index >= 15 is 0 Å². The Bertz CT molecular complexity index is 1250. The highest BCUT2D eigenvalue weighted by molar-refractivity contribution is 6.16. The summed E-state index contributed by atoms with van der Waals surface area (Å²) in [5.41, 5.74) is 11.1. The van der Waals surface area contributed by atoms with E-state index in [4.69, 9.17) is 15.5 Å². The van der Waals surface area contributed by atoms with E-state index in [9.17, 15) is 4.79 Å². The number of rotatable bonds is 6. The molecule has 6 rings (SSSR count). The standard InChI is InChI=1S/C28H37N9O2/c1-34-9-11-35(12-10-34)24(38)6-5-20-3-2-4-22(17-20)37-8-7-23-25(21-18-30-27(29)31-19-21)32-28(33-26(23)37)36-13-15-39-16-14-36/h2-4,17-19,28,32H,5-16H2,1H3,(H2,29,30,31). The molecule has 11 nitrogen and oxygen atoms in total. The number of hydrogen-bond acceptors (Lipinski definition) is 10. The number of aliphatic imine (C=N–C) groups is 1. The van der Waals surface area contributed by atoms with Crippen molar-refractivity contribution in [3.05, 3.63) is 53.4 Å². The van der Waals surface area contributed by atoms with Gasteiger partial charge in [-0.3, -0.25) is 9.69 Å². The Kier molecular flexibility index (Phi) is 7.45. The molecule has 1 unspecified atom stereocenters. The van der Waals surface area contributed by atoms with Crippen LogP contribution in [0.5, 0.6) is 0 Å². The van der Waals surface area contributed by atoms with Crippen molar-refractivity contribution < 1.29 is 9.53 Å². The SMILES string of the molecule is CN1CCN(C(=O)CCc2cccc(N3CCC4=C(c5cnc(N)nc5)NC(N5CCOCC5)N=C43)c2)CC1. The molecule has 1 amide bonds. The fourth-order valence-electron chi connectivity index (χ4n) is 5.67. The van der Waals surface area contributed by atoms with Gasteiger partial charge in [0.25, 0.3) is 0 Å². The molecule has 0 saturated carbocycles. The Labute approximate surface area is 229 Å². The average Bonchev–Trinajstić information content (AvgIpc) is 3.41. The van der Waals surface area contributed by atoms with Gasteiger partial charge >= 0.3 is 0 Å². The van der Waals surface area contributed by atoms with Crippen LogP contribution in [0, 0.1) is 0 Å². The number of carbonyl (C=O) groups excluding carboxylic acids is 1. The second kappa shape index (κ2) is 11.3. The molecule has 1 aromatic carbocycles. The zero-order chi connectivity index (χ0) is 26.8. The number of hydrogen-bond donors (Lipinski definition) is 2. The Hall–Kier alpha value is -3.54. The number of likely N-dealkylation sites (N-methyl/N-ethyl adjacent to an activating group) is 1. The van der Waals surface area contributed by atoms with E-state index in [1.54, 1.807) is 12.4 Å². The maximum Gasteiger partial charge on any atom is 0.222 e. The van der Waals surface area contributed by atoms with E-state index in [1.165, 1.54) is 5.56 Å². The van der Waals surface area contributed by atoms with Crippen LogP contribution in [0.4, 0.5) is 11.6 Å². The van der Waals surface area contributed by atoms with Gasteiger partial charge in [0, 0.05) is 81.5 Å². The van der Waals surface area contributed by atoms with Crippen molar-refractivity contribution in [1.82, 2.24) is 30.0 Å². The minimum Gasteiger partial charge on any atom is -0.379 e. The zero-order valence-electron chi connectivity index (χ0n) is 22.6. The number of nitrogens with one attached hydrogen (secondary N) is 1. The third kappa shape index (κ3) is 5.61. The normalized spacial score (nSPS) is 22.5. The number of piperazine rings is 1. The Morgan fingerprint density at radius 3 is 2.62 bits per heavy atom. The van der Waals surface area contributed by atoms with Crippen molar-refractivity contribution in [2.24, 2.45) is 4.99 Å². The third-order valence-electron chi connectivity index (χ3n) is 7.99. The van der Waals surface area contributed by atoms with Crippen LogP contribution in [0.3, 0.4) is 0 Å². The van der Waals surface area contributed by atoms with Crippen LogP contribution >= 0.6 is 0 Å². The van der Waals surface area contributed by atoms with Crippen LogP contribution in [-0.4, -0.2) is 109 Å². The summed E-state index contributed by atoms with van der Waals surface area (Å²) in [4.78, 5) is 35.4. The molecular formula is C28H37N9O2. The second-order valence-corrected chi connectivity index (χ2v) is 10.6. The van der Waals surface area contributed by atoms with Crippen molar-refractivity contribution in [3.63, 3.8) is 0 Å². The molecule has 4 aliphatic rings. The Balaban J connectivity index is 1.23. The quantitative estimate of drug-likeness (QED) is 0.563. The van der Waals surface area contributed by atoms with E-state index in [2.05, 4.69) is 61.3 Å². The molecular weight excluding hydrogens is 494 g/mol. The van der Waals surface area contributed by atoms with E-state index in [0.29, 0.717) is 19.6 Å². The fourth-order valence-corrected chi connectivity index (χ4v) is 5.67. The van der Waals surface area contributed by atoms with E-state index in [-0.39, 0.29) is 18.1 Å². The number of fused-ring (bicyclic) bond motifs is 1. The van der Waals surface area contributed by atoms with E-state index in [1.807, 2.05) is 4.90 Å². The van der Waals surface area contributed by atoms with Crippen LogP contribution in [0.2, 0.25) is 0 Å². The highest BCUT2D eigenvalue weighted by Gasteiger charge is 2.35. The first kappa shape index (κ1) is 25.7. The van der Waals surface area contributed by atoms with Gasteiger partial charge in [-0.15, -0.1) is 0 Å². The summed E-state index contributed by atoms with van der Waals surface area (Å²) in [6.45, 7) is 7.36. The molecule has 4 aliphatic heterocycles. The molecule has 3 N–H and O–H groups in total. The molecule has 0 aliphatic carbocycles. The number of amidine groups is 1.